The van der Waals surface area contributed by atoms with Crippen LogP contribution in [0.2, 0.25) is 5.02 Å². The monoisotopic (exact) mass is 737 g/mol. The van der Waals surface area contributed by atoms with Crippen LogP contribution in [0.3, 0.4) is 0 Å². The van der Waals surface area contributed by atoms with Crippen molar-refractivity contribution < 1.29 is 37.0 Å². The number of amides is 2. The number of unbranched alkanes of at least 4 members (excludes halogenated alkanes) is 1. The van der Waals surface area contributed by atoms with Crippen LogP contribution < -0.4 is 28.6 Å². The molecule has 0 bridgehead atoms. The van der Waals surface area contributed by atoms with Gasteiger partial charge in [-0.05, 0) is 60.0 Å². The average molecular weight is 738 g/mol. The van der Waals surface area contributed by atoms with Gasteiger partial charge in [0.2, 0.25) is 11.8 Å². The van der Waals surface area contributed by atoms with Gasteiger partial charge in [0.25, 0.3) is 10.0 Å². The number of hydrogen-bond donors (Lipinski definition) is 1. The molecule has 272 valence electrons. The molecular weight excluding hydrogens is 694 g/mol. The van der Waals surface area contributed by atoms with Gasteiger partial charge >= 0.3 is 0 Å². The van der Waals surface area contributed by atoms with Gasteiger partial charge in [0.05, 0.1) is 39.0 Å². The number of halogens is 1. The first kappa shape index (κ1) is 38.9. The Morgan fingerprint density at radius 3 is 2.14 bits per heavy atom. The van der Waals surface area contributed by atoms with E-state index < -0.39 is 28.5 Å². The predicted octanol–water partition coefficient (Wildman–Crippen LogP) is 6.13. The average Bonchev–Trinajstić information content (AvgIpc) is 3.15. The molecule has 11 nitrogen and oxygen atoms in total. The molecule has 1 N–H and O–H groups in total. The summed E-state index contributed by atoms with van der Waals surface area (Å²) in [4.78, 5) is 30.1. The highest BCUT2D eigenvalue weighted by molar-refractivity contribution is 7.92. The molecule has 0 aliphatic rings. The van der Waals surface area contributed by atoms with E-state index in [1.807, 2.05) is 43.3 Å². The quantitative estimate of drug-likeness (QED) is 0.121. The van der Waals surface area contributed by atoms with E-state index in [0.29, 0.717) is 23.6 Å². The highest BCUT2D eigenvalue weighted by Gasteiger charge is 2.36. The summed E-state index contributed by atoms with van der Waals surface area (Å²) in [5, 5.41) is 3.20. The van der Waals surface area contributed by atoms with Gasteiger partial charge in [0.15, 0.2) is 11.5 Å². The molecule has 0 aromatic heterocycles. The van der Waals surface area contributed by atoms with Gasteiger partial charge in [-0.2, -0.15) is 0 Å². The van der Waals surface area contributed by atoms with Crippen molar-refractivity contribution in [3.63, 3.8) is 0 Å². The molecule has 2 amide bonds. The van der Waals surface area contributed by atoms with Crippen molar-refractivity contribution in [3.8, 4) is 23.0 Å². The molecule has 4 rings (SSSR count). The van der Waals surface area contributed by atoms with Gasteiger partial charge in [-0.3, -0.25) is 13.9 Å². The molecule has 0 unspecified atom stereocenters. The highest BCUT2D eigenvalue weighted by atomic mass is 35.5. The highest BCUT2D eigenvalue weighted by Crippen LogP contribution is 2.37. The normalized spacial score (nSPS) is 11.6. The molecule has 0 heterocycles. The molecule has 0 fully saturated rings. The van der Waals surface area contributed by atoms with Crippen molar-refractivity contribution in [3.05, 3.63) is 107 Å². The fourth-order valence-electron chi connectivity index (χ4n) is 5.50. The lowest BCUT2D eigenvalue weighted by atomic mass is 10.0. The van der Waals surface area contributed by atoms with Crippen LogP contribution in [-0.2, 0) is 32.6 Å². The molecule has 1 atom stereocenters. The summed E-state index contributed by atoms with van der Waals surface area (Å²) in [7, 11) is 1.26. The summed E-state index contributed by atoms with van der Waals surface area (Å²) in [5.74, 6) is 0.214. The van der Waals surface area contributed by atoms with Crippen LogP contribution >= 0.6 is 11.6 Å². The zero-order valence-electron chi connectivity index (χ0n) is 29.4. The largest absolute Gasteiger partial charge is 0.497 e. The zero-order valence-corrected chi connectivity index (χ0v) is 31.0. The minimum atomic E-state index is -4.50. The van der Waals surface area contributed by atoms with Gasteiger partial charge in [0, 0.05) is 30.6 Å². The number of rotatable bonds is 18. The molecule has 4 aromatic carbocycles. The van der Waals surface area contributed by atoms with E-state index in [0.717, 1.165) is 22.7 Å². The Bertz CT molecular complexity index is 1890. The van der Waals surface area contributed by atoms with Crippen molar-refractivity contribution in [2.75, 3.05) is 45.8 Å². The molecular formula is C38H44ClN3O8S. The number of hydrogen-bond acceptors (Lipinski definition) is 8. The predicted molar refractivity (Wildman–Crippen MR) is 197 cm³/mol. The van der Waals surface area contributed by atoms with E-state index in [4.69, 9.17) is 30.5 Å². The third kappa shape index (κ3) is 9.86. The fourth-order valence-corrected chi connectivity index (χ4v) is 7.10. The summed E-state index contributed by atoms with van der Waals surface area (Å²) in [6.07, 6.45) is 1.79. The van der Waals surface area contributed by atoms with Crippen LogP contribution in [0.1, 0.15) is 30.9 Å². The smallest absolute Gasteiger partial charge is 0.265 e. The number of carbonyl (C=O) groups is 2. The minimum absolute atomic E-state index is 0.0222. The first-order valence-corrected chi connectivity index (χ1v) is 18.2. The molecule has 51 heavy (non-hydrogen) atoms. The first-order valence-electron chi connectivity index (χ1n) is 16.4. The van der Waals surface area contributed by atoms with E-state index in [2.05, 4.69) is 5.32 Å². The molecule has 0 radical (unpaired) electrons. The Balaban J connectivity index is 1.88. The lowest BCUT2D eigenvalue weighted by Crippen LogP contribution is -2.53. The lowest BCUT2D eigenvalue weighted by molar-refractivity contribution is -0.140. The third-order valence-electron chi connectivity index (χ3n) is 8.22. The van der Waals surface area contributed by atoms with E-state index >= 15 is 0 Å². The van der Waals surface area contributed by atoms with E-state index in [-0.39, 0.29) is 46.0 Å². The van der Waals surface area contributed by atoms with Crippen LogP contribution in [-0.4, -0.2) is 72.7 Å². The Morgan fingerprint density at radius 1 is 0.784 bits per heavy atom. The molecule has 0 spiro atoms. The number of ether oxygens (including phenoxy) is 4. The van der Waals surface area contributed by atoms with Crippen molar-refractivity contribution in [2.24, 2.45) is 0 Å². The summed E-state index contributed by atoms with van der Waals surface area (Å²) in [6.45, 7) is 1.71. The molecule has 13 heteroatoms. The SMILES string of the molecule is CCCCNC(=O)[C@H](Cc1ccccc1)N(Cc1cccc(OC)c1)C(=O)CN(c1cc(Cl)ccc1OC)S(=O)(=O)c1ccc(OC)c(OC)c1. The van der Waals surface area contributed by atoms with Crippen LogP contribution in [0.5, 0.6) is 23.0 Å². The van der Waals surface area contributed by atoms with Gasteiger partial charge in [-0.25, -0.2) is 8.42 Å². The molecule has 0 aliphatic carbocycles. The molecule has 0 aliphatic heterocycles. The molecule has 4 aromatic rings. The van der Waals surface area contributed by atoms with Crippen molar-refractivity contribution in [2.45, 2.75) is 43.7 Å². The standard InChI is InChI=1S/C38H44ClN3O8S/c1-6-7-20-40-38(44)33(22-27-12-9-8-10-13-27)41(25-28-14-11-15-30(21-28)47-2)37(43)26-42(32-23-29(39)16-18-34(32)48-3)51(45,46)31-17-19-35(49-4)36(24-31)50-5/h8-19,21,23-24,33H,6-7,20,22,25-26H2,1-5H3,(H,40,44)/t33-/m0/s1. The number of nitrogens with one attached hydrogen (secondary N) is 1. The second-order valence-electron chi connectivity index (χ2n) is 11.6. The number of methoxy groups -OCH3 is 4. The first-order chi connectivity index (χ1) is 24.6. The van der Waals surface area contributed by atoms with Crippen molar-refractivity contribution in [1.82, 2.24) is 10.2 Å². The van der Waals surface area contributed by atoms with E-state index in [1.54, 1.807) is 24.3 Å². The minimum Gasteiger partial charge on any atom is -0.497 e. The van der Waals surface area contributed by atoms with Crippen LogP contribution in [0.15, 0.2) is 95.9 Å². The Hall–Kier alpha value is -4.94. The topological polar surface area (TPSA) is 124 Å². The zero-order chi connectivity index (χ0) is 37.0. The number of sulfonamides is 1. The van der Waals surface area contributed by atoms with Crippen LogP contribution in [0.4, 0.5) is 5.69 Å². The molecule has 0 saturated carbocycles. The van der Waals surface area contributed by atoms with Crippen LogP contribution in [0.25, 0.3) is 0 Å². The summed E-state index contributed by atoms with van der Waals surface area (Å²) < 4.78 is 51.9. The van der Waals surface area contributed by atoms with Crippen molar-refractivity contribution >= 4 is 39.1 Å². The van der Waals surface area contributed by atoms with Gasteiger partial charge in [0.1, 0.15) is 24.1 Å². The summed E-state index contributed by atoms with van der Waals surface area (Å²) in [6, 6.07) is 24.1. The second kappa shape index (κ2) is 18.3. The van der Waals surface area contributed by atoms with E-state index in [9.17, 15) is 18.0 Å². The second-order valence-corrected chi connectivity index (χ2v) is 13.9. The number of benzene rings is 4. The maximum atomic E-state index is 14.8. The Morgan fingerprint density at radius 2 is 1.47 bits per heavy atom. The maximum Gasteiger partial charge on any atom is 0.265 e. The van der Waals surface area contributed by atoms with Crippen LogP contribution in [0, 0.1) is 0 Å². The lowest BCUT2D eigenvalue weighted by Gasteiger charge is -2.34. The summed E-state index contributed by atoms with van der Waals surface area (Å²) >= 11 is 6.41. The van der Waals surface area contributed by atoms with Gasteiger partial charge < -0.3 is 29.2 Å². The maximum absolute atomic E-state index is 14.8. The number of anilines is 1. The van der Waals surface area contributed by atoms with Crippen molar-refractivity contribution in [1.29, 1.82) is 0 Å². The molecule has 0 saturated heterocycles. The third-order valence-corrected chi connectivity index (χ3v) is 10.2. The fraction of sp³-hybridized carbons (Fsp3) is 0.316. The number of carbonyl (C=O) groups excluding carboxylic acids is 2. The van der Waals surface area contributed by atoms with Gasteiger partial charge in [-0.15, -0.1) is 0 Å². The Kier molecular flexibility index (Phi) is 14.0. The number of nitrogens with zero attached hydrogens (tertiary/aromatic N) is 2. The van der Waals surface area contributed by atoms with E-state index in [1.165, 1.54) is 63.7 Å². The van der Waals surface area contributed by atoms with Gasteiger partial charge in [-0.1, -0.05) is 67.4 Å². The summed E-state index contributed by atoms with van der Waals surface area (Å²) in [5.41, 5.74) is 1.53. The Labute approximate surface area is 305 Å².